The van der Waals surface area contributed by atoms with Gasteiger partial charge in [-0.15, -0.1) is 0 Å². The van der Waals surface area contributed by atoms with Crippen LogP contribution in [0, 0.1) is 5.41 Å². The third kappa shape index (κ3) is 3.44. The topological polar surface area (TPSA) is 47.3 Å². The van der Waals surface area contributed by atoms with E-state index in [1.807, 2.05) is 0 Å². The predicted octanol–water partition coefficient (Wildman–Crippen LogP) is 1.91. The summed E-state index contributed by atoms with van der Waals surface area (Å²) in [5, 5.41) is 3.62. The summed E-state index contributed by atoms with van der Waals surface area (Å²) in [4.78, 5) is 0. The molecule has 3 atom stereocenters. The third-order valence-corrected chi connectivity index (χ3v) is 3.77. The van der Waals surface area contributed by atoms with E-state index < -0.39 is 0 Å². The first-order valence-corrected chi connectivity index (χ1v) is 6.59. The third-order valence-electron chi connectivity index (χ3n) is 3.77. The van der Waals surface area contributed by atoms with Crippen LogP contribution in [0.1, 0.15) is 47.0 Å². The van der Waals surface area contributed by atoms with Gasteiger partial charge in [0, 0.05) is 24.1 Å². The fourth-order valence-electron chi connectivity index (χ4n) is 2.42. The van der Waals surface area contributed by atoms with E-state index in [1.54, 1.807) is 0 Å². The van der Waals surface area contributed by atoms with Crippen LogP contribution in [0.2, 0.25) is 0 Å². The summed E-state index contributed by atoms with van der Waals surface area (Å²) >= 11 is 0. The largest absolute Gasteiger partial charge is 0.378 e. The average molecular weight is 228 g/mol. The lowest BCUT2D eigenvalue weighted by Crippen LogP contribution is -2.61. The van der Waals surface area contributed by atoms with Gasteiger partial charge >= 0.3 is 0 Å². The van der Waals surface area contributed by atoms with Crippen LogP contribution in [0.4, 0.5) is 0 Å². The van der Waals surface area contributed by atoms with Crippen molar-refractivity contribution in [1.82, 2.24) is 5.32 Å². The summed E-state index contributed by atoms with van der Waals surface area (Å²) < 4.78 is 5.71. The van der Waals surface area contributed by atoms with Crippen molar-refractivity contribution in [3.63, 3.8) is 0 Å². The molecule has 0 aromatic carbocycles. The lowest BCUT2D eigenvalue weighted by molar-refractivity contribution is -0.113. The Balaban J connectivity index is 2.16. The van der Waals surface area contributed by atoms with E-state index >= 15 is 0 Å². The Bertz CT molecular complexity index is 204. The van der Waals surface area contributed by atoms with Crippen LogP contribution in [-0.4, -0.2) is 31.3 Å². The standard InChI is InChI=1S/C13H28N2O/c1-5-16-12-9-11(13(12,3)4)15-8-6-7-10(2)14/h10-12,15H,5-9,14H2,1-4H3. The van der Waals surface area contributed by atoms with Gasteiger partial charge in [-0.1, -0.05) is 13.8 Å². The maximum atomic E-state index is 5.72. The maximum absolute atomic E-state index is 5.72. The van der Waals surface area contributed by atoms with Gasteiger partial charge < -0.3 is 15.8 Å². The normalized spacial score (nSPS) is 29.8. The molecule has 0 aromatic rings. The zero-order valence-electron chi connectivity index (χ0n) is 11.3. The predicted molar refractivity (Wildman–Crippen MR) is 68.5 cm³/mol. The molecule has 0 heterocycles. The van der Waals surface area contributed by atoms with Gasteiger partial charge in [0.2, 0.25) is 0 Å². The molecule has 3 nitrogen and oxygen atoms in total. The monoisotopic (exact) mass is 228 g/mol. The van der Waals surface area contributed by atoms with Crippen molar-refractivity contribution in [1.29, 1.82) is 0 Å². The number of ether oxygens (including phenoxy) is 1. The molecular weight excluding hydrogens is 200 g/mol. The molecule has 1 aliphatic carbocycles. The summed E-state index contributed by atoms with van der Waals surface area (Å²) in [5.41, 5.74) is 6.00. The fraction of sp³-hybridized carbons (Fsp3) is 1.00. The van der Waals surface area contributed by atoms with E-state index in [-0.39, 0.29) is 5.41 Å². The Morgan fingerprint density at radius 2 is 2.19 bits per heavy atom. The van der Waals surface area contributed by atoms with Crippen LogP contribution in [0.3, 0.4) is 0 Å². The van der Waals surface area contributed by atoms with Crippen LogP contribution in [0.15, 0.2) is 0 Å². The highest BCUT2D eigenvalue weighted by Gasteiger charge is 2.48. The second-order valence-corrected chi connectivity index (χ2v) is 5.63. The number of hydrogen-bond acceptors (Lipinski definition) is 3. The Labute approximate surface area is 100 Å². The smallest absolute Gasteiger partial charge is 0.0655 e. The van der Waals surface area contributed by atoms with Gasteiger partial charge in [-0.3, -0.25) is 0 Å². The second-order valence-electron chi connectivity index (χ2n) is 5.63. The van der Waals surface area contributed by atoms with E-state index in [9.17, 15) is 0 Å². The highest BCUT2D eigenvalue weighted by molar-refractivity contribution is 5.02. The molecule has 0 amide bonds. The molecule has 3 unspecified atom stereocenters. The van der Waals surface area contributed by atoms with E-state index in [0.29, 0.717) is 18.2 Å². The SMILES string of the molecule is CCOC1CC(NCCCC(C)N)C1(C)C. The highest BCUT2D eigenvalue weighted by Crippen LogP contribution is 2.42. The molecule has 0 radical (unpaired) electrons. The molecule has 96 valence electrons. The van der Waals surface area contributed by atoms with Gasteiger partial charge in [0.05, 0.1) is 6.10 Å². The number of rotatable bonds is 7. The van der Waals surface area contributed by atoms with Gasteiger partial charge in [0.1, 0.15) is 0 Å². The summed E-state index contributed by atoms with van der Waals surface area (Å²) in [5.74, 6) is 0. The van der Waals surface area contributed by atoms with Gasteiger partial charge in [-0.2, -0.15) is 0 Å². The number of hydrogen-bond donors (Lipinski definition) is 2. The van der Waals surface area contributed by atoms with E-state index in [1.165, 1.54) is 6.42 Å². The minimum absolute atomic E-state index is 0.282. The number of nitrogens with two attached hydrogens (primary N) is 1. The molecule has 1 saturated carbocycles. The van der Waals surface area contributed by atoms with Crippen molar-refractivity contribution in [3.05, 3.63) is 0 Å². The molecule has 1 fully saturated rings. The molecule has 0 aliphatic heterocycles. The van der Waals surface area contributed by atoms with E-state index in [4.69, 9.17) is 10.5 Å². The summed E-state index contributed by atoms with van der Waals surface area (Å²) in [6.07, 6.45) is 3.86. The Morgan fingerprint density at radius 1 is 1.50 bits per heavy atom. The van der Waals surface area contributed by atoms with Crippen molar-refractivity contribution in [3.8, 4) is 0 Å². The lowest BCUT2D eigenvalue weighted by Gasteiger charge is -2.52. The Kier molecular flexibility index (Phi) is 5.22. The van der Waals surface area contributed by atoms with E-state index in [2.05, 4.69) is 33.0 Å². The van der Waals surface area contributed by atoms with Crippen molar-refractivity contribution < 1.29 is 4.74 Å². The molecule has 1 aliphatic rings. The minimum Gasteiger partial charge on any atom is -0.378 e. The molecule has 16 heavy (non-hydrogen) atoms. The highest BCUT2D eigenvalue weighted by atomic mass is 16.5. The Hall–Kier alpha value is -0.120. The first-order valence-electron chi connectivity index (χ1n) is 6.59. The molecule has 1 rings (SSSR count). The summed E-state index contributed by atoms with van der Waals surface area (Å²) in [6, 6.07) is 0.935. The zero-order valence-corrected chi connectivity index (χ0v) is 11.3. The van der Waals surface area contributed by atoms with Crippen molar-refractivity contribution in [2.45, 2.75) is 65.1 Å². The molecule has 0 bridgehead atoms. The lowest BCUT2D eigenvalue weighted by atomic mass is 9.64. The first kappa shape index (κ1) is 13.9. The minimum atomic E-state index is 0.282. The Morgan fingerprint density at radius 3 is 2.69 bits per heavy atom. The van der Waals surface area contributed by atoms with Crippen LogP contribution >= 0.6 is 0 Å². The van der Waals surface area contributed by atoms with Crippen molar-refractivity contribution in [2.24, 2.45) is 11.1 Å². The second kappa shape index (κ2) is 5.99. The van der Waals surface area contributed by atoms with Crippen LogP contribution < -0.4 is 11.1 Å². The molecule has 3 heteroatoms. The first-order chi connectivity index (χ1) is 7.48. The van der Waals surface area contributed by atoms with Crippen LogP contribution in [-0.2, 0) is 4.74 Å². The van der Waals surface area contributed by atoms with Crippen molar-refractivity contribution in [2.75, 3.05) is 13.2 Å². The molecular formula is C13H28N2O. The quantitative estimate of drug-likeness (QED) is 0.654. The van der Waals surface area contributed by atoms with Crippen LogP contribution in [0.25, 0.3) is 0 Å². The van der Waals surface area contributed by atoms with E-state index in [0.717, 1.165) is 26.0 Å². The van der Waals surface area contributed by atoms with Gasteiger partial charge in [-0.05, 0) is 39.7 Å². The van der Waals surface area contributed by atoms with Gasteiger partial charge in [0.15, 0.2) is 0 Å². The number of nitrogens with one attached hydrogen (secondary N) is 1. The fourth-order valence-corrected chi connectivity index (χ4v) is 2.42. The van der Waals surface area contributed by atoms with Gasteiger partial charge in [-0.25, -0.2) is 0 Å². The van der Waals surface area contributed by atoms with Gasteiger partial charge in [0.25, 0.3) is 0 Å². The average Bonchev–Trinajstić information content (AvgIpc) is 2.20. The zero-order chi connectivity index (χ0) is 12.2. The van der Waals surface area contributed by atoms with Crippen LogP contribution in [0.5, 0.6) is 0 Å². The molecule has 3 N–H and O–H groups in total. The molecule has 0 spiro atoms. The van der Waals surface area contributed by atoms with Crippen molar-refractivity contribution >= 4 is 0 Å². The summed E-state index contributed by atoms with van der Waals surface area (Å²) in [7, 11) is 0. The summed E-state index contributed by atoms with van der Waals surface area (Å²) in [6.45, 7) is 10.6. The maximum Gasteiger partial charge on any atom is 0.0655 e. The molecule has 0 saturated heterocycles. The molecule has 0 aromatic heterocycles.